The lowest BCUT2D eigenvalue weighted by Crippen LogP contribution is -2.14. The van der Waals surface area contributed by atoms with Crippen molar-refractivity contribution in [2.45, 2.75) is 6.18 Å². The molecular weight excluding hydrogens is 329 g/mol. The highest BCUT2D eigenvalue weighted by Crippen LogP contribution is 2.36. The summed E-state index contributed by atoms with van der Waals surface area (Å²) >= 11 is 5.58. The van der Waals surface area contributed by atoms with Gasteiger partial charge in [-0.25, -0.2) is 0 Å². The van der Waals surface area contributed by atoms with E-state index in [1.54, 1.807) is 24.3 Å². The number of nitrogen functional groups attached to an aromatic ring is 1. The molecule has 0 aromatic heterocycles. The highest BCUT2D eigenvalue weighted by atomic mass is 35.5. The van der Waals surface area contributed by atoms with E-state index in [-0.39, 0.29) is 10.7 Å². The highest BCUT2D eigenvalue weighted by Gasteiger charge is 2.34. The number of amides is 1. The summed E-state index contributed by atoms with van der Waals surface area (Å²) < 4.78 is 38.8. The molecule has 0 atom stereocenters. The van der Waals surface area contributed by atoms with Crippen LogP contribution in [0.4, 0.5) is 24.5 Å². The van der Waals surface area contributed by atoms with Crippen LogP contribution in [0.15, 0.2) is 48.5 Å². The van der Waals surface area contributed by atoms with Gasteiger partial charge in [-0.15, -0.1) is 0 Å². The van der Waals surface area contributed by atoms with Crippen LogP contribution in [-0.4, -0.2) is 5.91 Å². The Bertz CT molecular complexity index is 740. The van der Waals surface area contributed by atoms with Gasteiger partial charge in [-0.3, -0.25) is 4.79 Å². The number of anilines is 2. The summed E-state index contributed by atoms with van der Waals surface area (Å²) in [6, 6.07) is 9.82. The first-order chi connectivity index (χ1) is 10.8. The highest BCUT2D eigenvalue weighted by molar-refractivity contribution is 6.30. The van der Waals surface area contributed by atoms with E-state index < -0.39 is 17.6 Å². The van der Waals surface area contributed by atoms with Crippen molar-refractivity contribution in [3.05, 3.63) is 64.7 Å². The predicted molar refractivity (Wildman–Crippen MR) is 85.0 cm³/mol. The number of rotatable bonds is 3. The molecule has 120 valence electrons. The molecule has 23 heavy (non-hydrogen) atoms. The first-order valence-electron chi connectivity index (χ1n) is 6.47. The maximum absolute atomic E-state index is 12.9. The third-order valence-electron chi connectivity index (χ3n) is 2.91. The van der Waals surface area contributed by atoms with Crippen LogP contribution in [0.25, 0.3) is 6.08 Å². The van der Waals surface area contributed by atoms with Gasteiger partial charge >= 0.3 is 6.18 Å². The number of hydrogen-bond donors (Lipinski definition) is 2. The molecule has 0 saturated heterocycles. The number of benzene rings is 2. The van der Waals surface area contributed by atoms with Gasteiger partial charge in [0.2, 0.25) is 5.91 Å². The van der Waals surface area contributed by atoms with E-state index >= 15 is 0 Å². The van der Waals surface area contributed by atoms with Gasteiger partial charge in [0.15, 0.2) is 0 Å². The van der Waals surface area contributed by atoms with Crippen LogP contribution in [0.3, 0.4) is 0 Å². The Hall–Kier alpha value is -2.47. The van der Waals surface area contributed by atoms with Gasteiger partial charge in [0, 0.05) is 16.8 Å². The second kappa shape index (κ2) is 6.75. The number of hydrogen-bond acceptors (Lipinski definition) is 2. The maximum atomic E-state index is 12.9. The van der Waals surface area contributed by atoms with Crippen molar-refractivity contribution in [3.8, 4) is 0 Å². The summed E-state index contributed by atoms with van der Waals surface area (Å²) in [5.41, 5.74) is 5.45. The molecular formula is C16H12ClF3N2O. The first kappa shape index (κ1) is 16.9. The molecule has 3 nitrogen and oxygen atoms in total. The van der Waals surface area contributed by atoms with Crippen molar-refractivity contribution >= 4 is 35.0 Å². The average Bonchev–Trinajstić information content (AvgIpc) is 2.47. The van der Waals surface area contributed by atoms with E-state index in [0.29, 0.717) is 11.3 Å². The largest absolute Gasteiger partial charge is 0.418 e. The molecule has 2 aromatic rings. The second-order valence-electron chi connectivity index (χ2n) is 4.68. The molecule has 0 aliphatic rings. The minimum Gasteiger partial charge on any atom is -0.399 e. The fourth-order valence-corrected chi connectivity index (χ4v) is 1.99. The van der Waals surface area contributed by atoms with Gasteiger partial charge in [0.05, 0.1) is 11.3 Å². The Balaban J connectivity index is 2.16. The van der Waals surface area contributed by atoms with Gasteiger partial charge in [-0.1, -0.05) is 23.7 Å². The molecule has 0 heterocycles. The lowest BCUT2D eigenvalue weighted by atomic mass is 10.1. The van der Waals surface area contributed by atoms with Crippen molar-refractivity contribution in [1.82, 2.24) is 0 Å². The third-order valence-corrected chi connectivity index (χ3v) is 3.14. The summed E-state index contributed by atoms with van der Waals surface area (Å²) in [5, 5.41) is 2.13. The predicted octanol–water partition coefficient (Wildman–Crippen LogP) is 4.59. The molecule has 0 saturated carbocycles. The Kier molecular flexibility index (Phi) is 4.95. The quantitative estimate of drug-likeness (QED) is 0.634. The zero-order valence-corrected chi connectivity index (χ0v) is 12.4. The minimum atomic E-state index is -4.62. The van der Waals surface area contributed by atoms with Crippen LogP contribution in [0.1, 0.15) is 11.1 Å². The van der Waals surface area contributed by atoms with Crippen LogP contribution < -0.4 is 11.1 Å². The van der Waals surface area contributed by atoms with E-state index in [4.69, 9.17) is 17.3 Å². The molecule has 2 rings (SSSR count). The summed E-state index contributed by atoms with van der Waals surface area (Å²) in [6.07, 6.45) is -2.01. The van der Waals surface area contributed by atoms with Crippen LogP contribution >= 0.6 is 11.6 Å². The van der Waals surface area contributed by atoms with Gasteiger partial charge in [0.1, 0.15) is 0 Å². The Morgan fingerprint density at radius 3 is 2.39 bits per heavy atom. The second-order valence-corrected chi connectivity index (χ2v) is 5.11. The zero-order valence-electron chi connectivity index (χ0n) is 11.7. The van der Waals surface area contributed by atoms with Gasteiger partial charge < -0.3 is 11.1 Å². The lowest BCUT2D eigenvalue weighted by molar-refractivity contribution is -0.136. The molecule has 3 N–H and O–H groups in total. The lowest BCUT2D eigenvalue weighted by Gasteiger charge is -2.13. The topological polar surface area (TPSA) is 55.1 Å². The Morgan fingerprint density at radius 1 is 1.13 bits per heavy atom. The molecule has 0 radical (unpaired) electrons. The van der Waals surface area contributed by atoms with E-state index in [9.17, 15) is 18.0 Å². The summed E-state index contributed by atoms with van der Waals surface area (Å²) in [5.74, 6) is -0.686. The summed E-state index contributed by atoms with van der Waals surface area (Å²) in [7, 11) is 0. The maximum Gasteiger partial charge on any atom is 0.418 e. The molecule has 1 amide bonds. The van der Waals surface area contributed by atoms with Crippen molar-refractivity contribution in [2.75, 3.05) is 11.1 Å². The fourth-order valence-electron chi connectivity index (χ4n) is 1.81. The number of nitrogens with one attached hydrogen (secondary N) is 1. The van der Waals surface area contributed by atoms with Crippen LogP contribution in [0.2, 0.25) is 5.02 Å². The minimum absolute atomic E-state index is 0.0623. The van der Waals surface area contributed by atoms with E-state index in [1.165, 1.54) is 12.1 Å². The van der Waals surface area contributed by atoms with Gasteiger partial charge in [0.25, 0.3) is 0 Å². The number of alkyl halides is 3. The molecule has 0 aliphatic heterocycles. The van der Waals surface area contributed by atoms with Crippen molar-refractivity contribution in [3.63, 3.8) is 0 Å². The molecule has 0 fully saturated rings. The number of nitrogens with two attached hydrogens (primary N) is 1. The average molecular weight is 341 g/mol. The SMILES string of the molecule is Nc1ccc(/C=C/C(=O)Nc2ccc(Cl)cc2C(F)(F)F)cc1. The number of halogens is 4. The van der Waals surface area contributed by atoms with E-state index in [0.717, 1.165) is 18.2 Å². The fraction of sp³-hybridized carbons (Fsp3) is 0.0625. The van der Waals surface area contributed by atoms with E-state index in [2.05, 4.69) is 5.32 Å². The Morgan fingerprint density at radius 2 is 1.78 bits per heavy atom. The van der Waals surface area contributed by atoms with Crippen molar-refractivity contribution in [1.29, 1.82) is 0 Å². The van der Waals surface area contributed by atoms with Crippen molar-refractivity contribution < 1.29 is 18.0 Å². The standard InChI is InChI=1S/C16H12ClF3N2O/c17-11-4-7-14(13(9-11)16(18,19)20)22-15(23)8-3-10-1-5-12(21)6-2-10/h1-9H,21H2,(H,22,23)/b8-3+. The molecule has 0 unspecified atom stereocenters. The summed E-state index contributed by atoms with van der Waals surface area (Å²) in [6.45, 7) is 0. The van der Waals surface area contributed by atoms with Crippen LogP contribution in [-0.2, 0) is 11.0 Å². The Labute approximate surface area is 135 Å². The molecule has 2 aromatic carbocycles. The van der Waals surface area contributed by atoms with Gasteiger partial charge in [-0.05, 0) is 42.0 Å². The van der Waals surface area contributed by atoms with Crippen LogP contribution in [0, 0.1) is 0 Å². The molecule has 7 heteroatoms. The van der Waals surface area contributed by atoms with Crippen molar-refractivity contribution in [2.24, 2.45) is 0 Å². The first-order valence-corrected chi connectivity index (χ1v) is 6.85. The third kappa shape index (κ3) is 4.75. The zero-order chi connectivity index (χ0) is 17.0. The number of carbonyl (C=O) groups is 1. The van der Waals surface area contributed by atoms with E-state index in [1.807, 2.05) is 0 Å². The molecule has 0 bridgehead atoms. The van der Waals surface area contributed by atoms with Gasteiger partial charge in [-0.2, -0.15) is 13.2 Å². The molecule has 0 aliphatic carbocycles. The van der Waals surface area contributed by atoms with Crippen LogP contribution in [0.5, 0.6) is 0 Å². The summed E-state index contributed by atoms with van der Waals surface area (Å²) in [4.78, 5) is 11.8. The normalized spacial score (nSPS) is 11.7. The monoisotopic (exact) mass is 340 g/mol. The smallest absolute Gasteiger partial charge is 0.399 e. The number of carbonyl (C=O) groups excluding carboxylic acids is 1. The molecule has 0 spiro atoms.